The monoisotopic (exact) mass is 297 g/mol. The van der Waals surface area contributed by atoms with Gasteiger partial charge < -0.3 is 10.0 Å². The Morgan fingerprint density at radius 3 is 2.65 bits per heavy atom. The average molecular weight is 297 g/mol. The van der Waals surface area contributed by atoms with Gasteiger partial charge in [-0.2, -0.15) is 0 Å². The molecule has 5 nitrogen and oxygen atoms in total. The number of sulfone groups is 1. The molecule has 1 aromatic carbocycles. The maximum atomic E-state index is 12.1. The largest absolute Gasteiger partial charge is 0.481 e. The molecule has 1 aliphatic heterocycles. The van der Waals surface area contributed by atoms with Gasteiger partial charge in [-0.05, 0) is 31.5 Å². The number of carboxylic acid groups (broad SMARTS) is 1. The summed E-state index contributed by atoms with van der Waals surface area (Å²) >= 11 is 0. The van der Waals surface area contributed by atoms with Crippen LogP contribution < -0.4 is 0 Å². The SMILES string of the molecule is O=C(O)C1CCCN(CCS(=O)(=O)c2ccccc2)C1. The number of piperidine rings is 1. The molecule has 1 fully saturated rings. The van der Waals surface area contributed by atoms with Gasteiger partial charge >= 0.3 is 5.97 Å². The van der Waals surface area contributed by atoms with Crippen molar-refractivity contribution in [3.63, 3.8) is 0 Å². The second kappa shape index (κ2) is 6.37. The average Bonchev–Trinajstić information content (AvgIpc) is 2.46. The summed E-state index contributed by atoms with van der Waals surface area (Å²) in [6.07, 6.45) is 1.49. The molecule has 0 bridgehead atoms. The van der Waals surface area contributed by atoms with Gasteiger partial charge in [-0.1, -0.05) is 18.2 Å². The number of benzene rings is 1. The van der Waals surface area contributed by atoms with Gasteiger partial charge in [-0.15, -0.1) is 0 Å². The molecule has 1 aliphatic rings. The Morgan fingerprint density at radius 1 is 1.30 bits per heavy atom. The molecule has 1 aromatic rings. The number of rotatable bonds is 5. The lowest BCUT2D eigenvalue weighted by Crippen LogP contribution is -2.40. The predicted molar refractivity (Wildman–Crippen MR) is 75.3 cm³/mol. The van der Waals surface area contributed by atoms with E-state index in [1.54, 1.807) is 30.3 Å². The summed E-state index contributed by atoms with van der Waals surface area (Å²) < 4.78 is 24.3. The summed E-state index contributed by atoms with van der Waals surface area (Å²) in [6, 6.07) is 8.36. The molecule has 1 saturated heterocycles. The third-order valence-corrected chi connectivity index (χ3v) is 5.34. The van der Waals surface area contributed by atoms with E-state index in [-0.39, 0.29) is 11.7 Å². The summed E-state index contributed by atoms with van der Waals surface area (Å²) in [4.78, 5) is 13.2. The summed E-state index contributed by atoms with van der Waals surface area (Å²) in [5.74, 6) is -1.13. The molecular weight excluding hydrogens is 278 g/mol. The minimum Gasteiger partial charge on any atom is -0.481 e. The molecule has 0 radical (unpaired) electrons. The molecule has 20 heavy (non-hydrogen) atoms. The number of likely N-dealkylation sites (tertiary alicyclic amines) is 1. The molecule has 1 unspecified atom stereocenters. The van der Waals surface area contributed by atoms with E-state index in [2.05, 4.69) is 0 Å². The zero-order valence-corrected chi connectivity index (χ0v) is 12.1. The van der Waals surface area contributed by atoms with E-state index in [9.17, 15) is 13.2 Å². The topological polar surface area (TPSA) is 74.7 Å². The molecule has 2 rings (SSSR count). The fraction of sp³-hybridized carbons (Fsp3) is 0.500. The van der Waals surface area contributed by atoms with Crippen molar-refractivity contribution in [2.75, 3.05) is 25.4 Å². The summed E-state index contributed by atoms with van der Waals surface area (Å²) in [6.45, 7) is 1.61. The number of carboxylic acids is 1. The number of aliphatic carboxylic acids is 1. The van der Waals surface area contributed by atoms with Crippen LogP contribution >= 0.6 is 0 Å². The van der Waals surface area contributed by atoms with E-state index in [1.165, 1.54) is 0 Å². The maximum absolute atomic E-state index is 12.1. The lowest BCUT2D eigenvalue weighted by Gasteiger charge is -2.30. The Hall–Kier alpha value is -1.40. The fourth-order valence-electron chi connectivity index (χ4n) is 2.46. The van der Waals surface area contributed by atoms with Gasteiger partial charge in [0.2, 0.25) is 0 Å². The molecule has 0 aromatic heterocycles. The number of nitrogens with zero attached hydrogens (tertiary/aromatic N) is 1. The van der Waals surface area contributed by atoms with Crippen molar-refractivity contribution in [3.8, 4) is 0 Å². The zero-order valence-electron chi connectivity index (χ0n) is 11.2. The van der Waals surface area contributed by atoms with Gasteiger partial charge in [0, 0.05) is 13.1 Å². The highest BCUT2D eigenvalue weighted by Crippen LogP contribution is 2.17. The van der Waals surface area contributed by atoms with Crippen LogP contribution in [-0.4, -0.2) is 49.8 Å². The van der Waals surface area contributed by atoms with Gasteiger partial charge in [0.1, 0.15) is 0 Å². The van der Waals surface area contributed by atoms with E-state index < -0.39 is 15.8 Å². The van der Waals surface area contributed by atoms with Crippen molar-refractivity contribution in [2.24, 2.45) is 5.92 Å². The Kier molecular flexibility index (Phi) is 4.77. The minimum absolute atomic E-state index is 0.0311. The quantitative estimate of drug-likeness (QED) is 0.885. The van der Waals surface area contributed by atoms with Gasteiger partial charge in [0.25, 0.3) is 0 Å². The summed E-state index contributed by atoms with van der Waals surface area (Å²) in [5, 5.41) is 9.02. The van der Waals surface area contributed by atoms with Crippen molar-refractivity contribution in [2.45, 2.75) is 17.7 Å². The Morgan fingerprint density at radius 2 is 2.00 bits per heavy atom. The van der Waals surface area contributed by atoms with Crippen LogP contribution in [0, 0.1) is 5.92 Å². The highest BCUT2D eigenvalue weighted by atomic mass is 32.2. The van der Waals surface area contributed by atoms with Gasteiger partial charge in [-0.3, -0.25) is 4.79 Å². The molecule has 0 amide bonds. The van der Waals surface area contributed by atoms with Gasteiger partial charge in [0.15, 0.2) is 9.84 Å². The van der Waals surface area contributed by atoms with Crippen LogP contribution in [0.1, 0.15) is 12.8 Å². The first kappa shape index (κ1) is 15.0. The van der Waals surface area contributed by atoms with Crippen molar-refractivity contribution in [3.05, 3.63) is 30.3 Å². The van der Waals surface area contributed by atoms with Crippen LogP contribution in [0.5, 0.6) is 0 Å². The molecular formula is C14H19NO4S. The lowest BCUT2D eigenvalue weighted by atomic mass is 9.98. The first-order valence-electron chi connectivity index (χ1n) is 6.72. The van der Waals surface area contributed by atoms with E-state index in [4.69, 9.17) is 5.11 Å². The molecule has 1 heterocycles. The second-order valence-corrected chi connectivity index (χ2v) is 7.22. The Labute approximate surface area is 119 Å². The molecule has 6 heteroatoms. The van der Waals surface area contributed by atoms with Crippen LogP contribution in [0.25, 0.3) is 0 Å². The number of carbonyl (C=O) groups is 1. The molecule has 0 aliphatic carbocycles. The van der Waals surface area contributed by atoms with E-state index in [0.717, 1.165) is 13.0 Å². The maximum Gasteiger partial charge on any atom is 0.307 e. The normalized spacial score (nSPS) is 20.7. The Balaban J connectivity index is 1.93. The summed E-state index contributed by atoms with van der Waals surface area (Å²) in [7, 11) is -3.29. The van der Waals surface area contributed by atoms with Crippen LogP contribution in [0.15, 0.2) is 35.2 Å². The van der Waals surface area contributed by atoms with Crippen molar-refractivity contribution < 1.29 is 18.3 Å². The number of hydrogen-bond donors (Lipinski definition) is 1. The van der Waals surface area contributed by atoms with Crippen molar-refractivity contribution in [1.82, 2.24) is 4.90 Å². The van der Waals surface area contributed by atoms with E-state index in [1.807, 2.05) is 4.90 Å². The van der Waals surface area contributed by atoms with Crippen LogP contribution in [0.2, 0.25) is 0 Å². The number of hydrogen-bond acceptors (Lipinski definition) is 4. The first-order chi connectivity index (χ1) is 9.49. The Bertz CT molecular complexity index is 556. The fourth-order valence-corrected chi connectivity index (χ4v) is 3.76. The second-order valence-electron chi connectivity index (χ2n) is 5.11. The molecule has 1 atom stereocenters. The molecule has 1 N–H and O–H groups in total. The van der Waals surface area contributed by atoms with Crippen LogP contribution in [0.3, 0.4) is 0 Å². The minimum atomic E-state index is -3.29. The third-order valence-electron chi connectivity index (χ3n) is 3.63. The van der Waals surface area contributed by atoms with E-state index >= 15 is 0 Å². The van der Waals surface area contributed by atoms with Crippen LogP contribution in [0.4, 0.5) is 0 Å². The van der Waals surface area contributed by atoms with Crippen LogP contribution in [-0.2, 0) is 14.6 Å². The predicted octanol–water partition coefficient (Wildman–Crippen LogP) is 1.26. The lowest BCUT2D eigenvalue weighted by molar-refractivity contribution is -0.143. The van der Waals surface area contributed by atoms with Crippen molar-refractivity contribution >= 4 is 15.8 Å². The first-order valence-corrected chi connectivity index (χ1v) is 8.37. The smallest absolute Gasteiger partial charge is 0.307 e. The molecule has 110 valence electrons. The highest BCUT2D eigenvalue weighted by Gasteiger charge is 2.26. The van der Waals surface area contributed by atoms with Crippen molar-refractivity contribution in [1.29, 1.82) is 0 Å². The van der Waals surface area contributed by atoms with Gasteiger partial charge in [-0.25, -0.2) is 8.42 Å². The third kappa shape index (κ3) is 3.80. The standard InChI is InChI=1S/C14H19NO4S/c16-14(17)12-5-4-8-15(11-12)9-10-20(18,19)13-6-2-1-3-7-13/h1-3,6-7,12H,4-5,8-11H2,(H,16,17). The highest BCUT2D eigenvalue weighted by molar-refractivity contribution is 7.91. The van der Waals surface area contributed by atoms with Gasteiger partial charge in [0.05, 0.1) is 16.6 Å². The van der Waals surface area contributed by atoms with E-state index in [0.29, 0.717) is 24.4 Å². The summed E-state index contributed by atoms with van der Waals surface area (Å²) in [5.41, 5.74) is 0. The molecule has 0 spiro atoms. The molecule has 0 saturated carbocycles. The zero-order chi connectivity index (χ0) is 14.6.